The maximum atomic E-state index is 6.38. The van der Waals surface area contributed by atoms with E-state index < -0.39 is 0 Å². The van der Waals surface area contributed by atoms with Gasteiger partial charge in [-0.2, -0.15) is 0 Å². The van der Waals surface area contributed by atoms with Crippen molar-refractivity contribution >= 4 is 23.2 Å². The monoisotopic (exact) mass is 330 g/mol. The molecule has 0 unspecified atom stereocenters. The van der Waals surface area contributed by atoms with Gasteiger partial charge in [0.25, 0.3) is 0 Å². The topological polar surface area (TPSA) is 17.8 Å². The Labute approximate surface area is 140 Å². The van der Waals surface area contributed by atoms with Gasteiger partial charge in [0.2, 0.25) is 0 Å². The van der Waals surface area contributed by atoms with E-state index in [1.807, 2.05) is 25.1 Å². The predicted molar refractivity (Wildman–Crippen MR) is 93.2 cm³/mol. The van der Waals surface area contributed by atoms with Gasteiger partial charge in [0.15, 0.2) is 0 Å². The molecule has 4 heteroatoms. The smallest absolute Gasteiger partial charge is 0.146 e. The quantitative estimate of drug-likeness (QED) is 0.583. The fraction of sp³-hybridized carbons (Fsp3) is 0.167. The van der Waals surface area contributed by atoms with Gasteiger partial charge in [-0.25, -0.2) is 4.98 Å². The van der Waals surface area contributed by atoms with E-state index in [0.717, 1.165) is 28.5 Å². The van der Waals surface area contributed by atoms with Crippen molar-refractivity contribution in [3.05, 3.63) is 69.5 Å². The van der Waals surface area contributed by atoms with E-state index in [-0.39, 0.29) is 0 Å². The molecule has 22 heavy (non-hydrogen) atoms. The van der Waals surface area contributed by atoms with Crippen LogP contribution < -0.4 is 0 Å². The summed E-state index contributed by atoms with van der Waals surface area (Å²) < 4.78 is 2.14. The zero-order chi connectivity index (χ0) is 15.9. The van der Waals surface area contributed by atoms with Gasteiger partial charge in [0.1, 0.15) is 5.82 Å². The van der Waals surface area contributed by atoms with E-state index in [1.165, 1.54) is 5.56 Å². The van der Waals surface area contributed by atoms with Crippen LogP contribution in [0.5, 0.6) is 0 Å². The SMILES string of the molecule is Cc1cccc(-n2c(-c3ccc(Cl)cc3Cl)nc(C)c2C)c1. The van der Waals surface area contributed by atoms with E-state index >= 15 is 0 Å². The van der Waals surface area contributed by atoms with Crippen LogP contribution >= 0.6 is 23.2 Å². The minimum Gasteiger partial charge on any atom is -0.297 e. The van der Waals surface area contributed by atoms with Crippen molar-refractivity contribution in [2.24, 2.45) is 0 Å². The highest BCUT2D eigenvalue weighted by molar-refractivity contribution is 6.36. The summed E-state index contributed by atoms with van der Waals surface area (Å²) in [5, 5.41) is 1.22. The molecule has 0 aliphatic heterocycles. The zero-order valence-corrected chi connectivity index (χ0v) is 14.2. The van der Waals surface area contributed by atoms with Crippen LogP contribution in [0.1, 0.15) is 17.0 Å². The first-order chi connectivity index (χ1) is 10.5. The van der Waals surface area contributed by atoms with Crippen molar-refractivity contribution in [1.82, 2.24) is 9.55 Å². The first-order valence-electron chi connectivity index (χ1n) is 7.06. The predicted octanol–water partition coefficient (Wildman–Crippen LogP) is 5.77. The van der Waals surface area contributed by atoms with Crippen molar-refractivity contribution in [3.8, 4) is 17.1 Å². The summed E-state index contributed by atoms with van der Waals surface area (Å²) in [7, 11) is 0. The highest BCUT2D eigenvalue weighted by atomic mass is 35.5. The van der Waals surface area contributed by atoms with Gasteiger partial charge in [-0.1, -0.05) is 35.3 Å². The Morgan fingerprint density at radius 1 is 0.955 bits per heavy atom. The lowest BCUT2D eigenvalue weighted by atomic mass is 10.2. The lowest BCUT2D eigenvalue weighted by Crippen LogP contribution is -2.00. The van der Waals surface area contributed by atoms with Crippen LogP contribution in [0.25, 0.3) is 17.1 Å². The number of aryl methyl sites for hydroxylation is 2. The summed E-state index contributed by atoms with van der Waals surface area (Å²) in [5.41, 5.74) is 5.26. The third-order valence-electron chi connectivity index (χ3n) is 3.78. The molecule has 1 aromatic heterocycles. The molecule has 0 N–H and O–H groups in total. The number of aromatic nitrogens is 2. The summed E-state index contributed by atoms with van der Waals surface area (Å²) in [5.74, 6) is 0.835. The molecule has 3 rings (SSSR count). The van der Waals surface area contributed by atoms with Crippen molar-refractivity contribution in [2.45, 2.75) is 20.8 Å². The normalized spacial score (nSPS) is 11.0. The van der Waals surface area contributed by atoms with Crippen LogP contribution in [0.15, 0.2) is 42.5 Å². The van der Waals surface area contributed by atoms with Crippen LogP contribution in [0.2, 0.25) is 10.0 Å². The Hall–Kier alpha value is -1.77. The van der Waals surface area contributed by atoms with E-state index in [1.54, 1.807) is 6.07 Å². The minimum atomic E-state index is 0.603. The molecule has 0 atom stereocenters. The van der Waals surface area contributed by atoms with Crippen LogP contribution in [0, 0.1) is 20.8 Å². The van der Waals surface area contributed by atoms with Crippen LogP contribution in [0.3, 0.4) is 0 Å². The average molecular weight is 331 g/mol. The molecule has 0 saturated heterocycles. The van der Waals surface area contributed by atoms with E-state index in [2.05, 4.69) is 36.6 Å². The van der Waals surface area contributed by atoms with Crippen LogP contribution in [0.4, 0.5) is 0 Å². The highest BCUT2D eigenvalue weighted by Crippen LogP contribution is 2.33. The third-order valence-corrected chi connectivity index (χ3v) is 4.32. The van der Waals surface area contributed by atoms with E-state index in [9.17, 15) is 0 Å². The Kier molecular flexibility index (Phi) is 3.98. The molecule has 0 radical (unpaired) electrons. The number of nitrogens with zero attached hydrogens (tertiary/aromatic N) is 2. The summed E-state index contributed by atoms with van der Waals surface area (Å²) in [6.45, 7) is 6.16. The number of benzene rings is 2. The van der Waals surface area contributed by atoms with Crippen LogP contribution in [-0.4, -0.2) is 9.55 Å². The molecule has 0 bridgehead atoms. The Balaban J connectivity index is 2.27. The molecule has 0 saturated carbocycles. The molecule has 2 aromatic carbocycles. The molecule has 0 fully saturated rings. The number of rotatable bonds is 2. The maximum Gasteiger partial charge on any atom is 0.146 e. The van der Waals surface area contributed by atoms with Gasteiger partial charge < -0.3 is 0 Å². The third kappa shape index (κ3) is 2.65. The Morgan fingerprint density at radius 3 is 2.41 bits per heavy atom. The molecular weight excluding hydrogens is 315 g/mol. The lowest BCUT2D eigenvalue weighted by molar-refractivity contribution is 1.01. The average Bonchev–Trinajstić information content (AvgIpc) is 2.74. The van der Waals surface area contributed by atoms with Gasteiger partial charge in [0.05, 0.1) is 10.7 Å². The Bertz CT molecular complexity index is 850. The molecule has 3 aromatic rings. The fourth-order valence-corrected chi connectivity index (χ4v) is 3.04. The largest absolute Gasteiger partial charge is 0.297 e. The number of halogens is 2. The van der Waals surface area contributed by atoms with Crippen molar-refractivity contribution in [3.63, 3.8) is 0 Å². The summed E-state index contributed by atoms with van der Waals surface area (Å²) >= 11 is 12.4. The number of hydrogen-bond donors (Lipinski definition) is 0. The molecule has 2 nitrogen and oxygen atoms in total. The van der Waals surface area contributed by atoms with Gasteiger partial charge in [-0.15, -0.1) is 0 Å². The van der Waals surface area contributed by atoms with E-state index in [0.29, 0.717) is 10.0 Å². The molecule has 0 amide bonds. The first kappa shape index (κ1) is 15.1. The molecule has 0 spiro atoms. The standard InChI is InChI=1S/C18H16Cl2N2/c1-11-5-4-6-15(9-11)22-13(3)12(2)21-18(22)16-8-7-14(19)10-17(16)20/h4-10H,1-3H3. The summed E-state index contributed by atoms with van der Waals surface area (Å²) in [6, 6.07) is 13.8. The van der Waals surface area contributed by atoms with Gasteiger partial charge in [0, 0.05) is 22.0 Å². The lowest BCUT2D eigenvalue weighted by Gasteiger charge is -2.12. The molecule has 0 aliphatic carbocycles. The highest BCUT2D eigenvalue weighted by Gasteiger charge is 2.17. The zero-order valence-electron chi connectivity index (χ0n) is 12.7. The van der Waals surface area contributed by atoms with Gasteiger partial charge in [-0.05, 0) is 56.7 Å². The van der Waals surface area contributed by atoms with Gasteiger partial charge in [-0.3, -0.25) is 4.57 Å². The maximum absolute atomic E-state index is 6.38. The second-order valence-electron chi connectivity index (χ2n) is 5.40. The fourth-order valence-electron chi connectivity index (χ4n) is 2.54. The second kappa shape index (κ2) is 5.79. The molecule has 1 heterocycles. The molecular formula is C18H16Cl2N2. The van der Waals surface area contributed by atoms with Crippen molar-refractivity contribution in [1.29, 1.82) is 0 Å². The van der Waals surface area contributed by atoms with Crippen molar-refractivity contribution < 1.29 is 0 Å². The summed E-state index contributed by atoms with van der Waals surface area (Å²) in [4.78, 5) is 4.71. The number of imidazole rings is 1. The van der Waals surface area contributed by atoms with Gasteiger partial charge >= 0.3 is 0 Å². The molecule has 0 aliphatic rings. The summed E-state index contributed by atoms with van der Waals surface area (Å²) in [6.07, 6.45) is 0. The van der Waals surface area contributed by atoms with Crippen LogP contribution in [-0.2, 0) is 0 Å². The minimum absolute atomic E-state index is 0.603. The second-order valence-corrected chi connectivity index (χ2v) is 6.25. The Morgan fingerprint density at radius 2 is 1.73 bits per heavy atom. The molecule has 112 valence electrons. The van der Waals surface area contributed by atoms with Crippen molar-refractivity contribution in [2.75, 3.05) is 0 Å². The first-order valence-corrected chi connectivity index (χ1v) is 7.81. The number of hydrogen-bond acceptors (Lipinski definition) is 1. The van der Waals surface area contributed by atoms with E-state index in [4.69, 9.17) is 28.2 Å².